The van der Waals surface area contributed by atoms with E-state index in [-0.39, 0.29) is 24.0 Å². The Bertz CT molecular complexity index is 1600. The number of methoxy groups -OCH3 is 1. The van der Waals surface area contributed by atoms with Gasteiger partial charge in [-0.15, -0.1) is 0 Å². The zero-order chi connectivity index (χ0) is 28.5. The number of nitrogens with zero attached hydrogens (tertiary/aromatic N) is 3. The number of pyridine rings is 1. The number of ether oxygens (including phenoxy) is 2. The standard InChI is InChI=1S/C34H33N3O4/c1-22(9-10-24-7-5-4-6-8-24)41-32-18-27(12-14-31(32)40-3)37-23(2)28-13-11-25(17-30(28)34(37)39)20-36-21-26-19-35-16-15-29(26)33(36)38/h4-8,11-19,22-23H,9-10,20-21H2,1-3H3. The third-order valence-corrected chi connectivity index (χ3v) is 8.00. The van der Waals surface area contributed by atoms with E-state index in [1.54, 1.807) is 35.4 Å². The summed E-state index contributed by atoms with van der Waals surface area (Å²) in [5, 5.41) is 0. The van der Waals surface area contributed by atoms with Gasteiger partial charge in [0.1, 0.15) is 0 Å². The predicted molar refractivity (Wildman–Crippen MR) is 157 cm³/mol. The van der Waals surface area contributed by atoms with Crippen molar-refractivity contribution in [2.75, 3.05) is 12.0 Å². The van der Waals surface area contributed by atoms with Crippen molar-refractivity contribution in [2.24, 2.45) is 0 Å². The molecule has 208 valence electrons. The van der Waals surface area contributed by atoms with Crippen molar-refractivity contribution in [3.8, 4) is 11.5 Å². The summed E-state index contributed by atoms with van der Waals surface area (Å²) in [6.45, 7) is 5.04. The van der Waals surface area contributed by atoms with E-state index in [1.807, 2.05) is 61.5 Å². The molecule has 3 aromatic carbocycles. The van der Waals surface area contributed by atoms with Gasteiger partial charge in [-0.1, -0.05) is 42.5 Å². The van der Waals surface area contributed by atoms with Crippen LogP contribution >= 0.6 is 0 Å². The molecule has 0 bridgehead atoms. The van der Waals surface area contributed by atoms with Gasteiger partial charge in [-0.05, 0) is 67.6 Å². The number of fused-ring (bicyclic) bond motifs is 2. The average Bonchev–Trinajstić information content (AvgIpc) is 3.44. The summed E-state index contributed by atoms with van der Waals surface area (Å²) in [6, 6.07) is 23.6. The van der Waals surface area contributed by atoms with Crippen molar-refractivity contribution in [1.82, 2.24) is 9.88 Å². The van der Waals surface area contributed by atoms with Crippen LogP contribution in [-0.4, -0.2) is 34.9 Å². The fourth-order valence-electron chi connectivity index (χ4n) is 5.79. The molecule has 0 saturated carbocycles. The molecule has 2 amide bonds. The summed E-state index contributed by atoms with van der Waals surface area (Å²) in [5.41, 5.74) is 6.21. The minimum atomic E-state index is -0.146. The normalized spacial score (nSPS) is 16.5. The molecule has 3 heterocycles. The number of carbonyl (C=O) groups is 2. The van der Waals surface area contributed by atoms with Crippen LogP contribution in [0.15, 0.2) is 85.2 Å². The maximum Gasteiger partial charge on any atom is 0.259 e. The van der Waals surface area contributed by atoms with E-state index >= 15 is 0 Å². The van der Waals surface area contributed by atoms with Crippen molar-refractivity contribution in [3.05, 3.63) is 119 Å². The lowest BCUT2D eigenvalue weighted by atomic mass is 10.0. The van der Waals surface area contributed by atoms with E-state index in [0.717, 1.165) is 35.2 Å². The first kappa shape index (κ1) is 26.6. The van der Waals surface area contributed by atoms with Gasteiger partial charge in [-0.3, -0.25) is 14.6 Å². The van der Waals surface area contributed by atoms with E-state index in [0.29, 0.717) is 35.7 Å². The Morgan fingerprint density at radius 3 is 2.54 bits per heavy atom. The van der Waals surface area contributed by atoms with Crippen LogP contribution in [0.5, 0.6) is 11.5 Å². The summed E-state index contributed by atoms with van der Waals surface area (Å²) in [6.07, 6.45) is 5.11. The highest BCUT2D eigenvalue weighted by molar-refractivity contribution is 6.11. The van der Waals surface area contributed by atoms with Crippen molar-refractivity contribution in [2.45, 2.75) is 51.9 Å². The van der Waals surface area contributed by atoms with Gasteiger partial charge in [0.25, 0.3) is 11.8 Å². The lowest BCUT2D eigenvalue weighted by Gasteiger charge is -2.24. The Labute approximate surface area is 240 Å². The van der Waals surface area contributed by atoms with Gasteiger partial charge >= 0.3 is 0 Å². The fourth-order valence-corrected chi connectivity index (χ4v) is 5.79. The van der Waals surface area contributed by atoms with E-state index in [1.165, 1.54) is 5.56 Å². The summed E-state index contributed by atoms with van der Waals surface area (Å²) < 4.78 is 11.9. The van der Waals surface area contributed by atoms with E-state index < -0.39 is 0 Å². The minimum absolute atomic E-state index is 0.00650. The van der Waals surface area contributed by atoms with Crippen LogP contribution < -0.4 is 14.4 Å². The van der Waals surface area contributed by atoms with Crippen LogP contribution in [0.25, 0.3) is 0 Å². The third-order valence-electron chi connectivity index (χ3n) is 8.00. The topological polar surface area (TPSA) is 72.0 Å². The van der Waals surface area contributed by atoms with Crippen LogP contribution in [0.2, 0.25) is 0 Å². The van der Waals surface area contributed by atoms with Crippen LogP contribution in [0.4, 0.5) is 5.69 Å². The van der Waals surface area contributed by atoms with E-state index in [2.05, 4.69) is 24.0 Å². The van der Waals surface area contributed by atoms with Crippen LogP contribution in [-0.2, 0) is 19.5 Å². The minimum Gasteiger partial charge on any atom is -0.493 e. The summed E-state index contributed by atoms with van der Waals surface area (Å²) in [5.74, 6) is 1.17. The van der Waals surface area contributed by atoms with Gasteiger partial charge in [-0.2, -0.15) is 0 Å². The van der Waals surface area contributed by atoms with Gasteiger partial charge in [0.05, 0.1) is 19.3 Å². The molecule has 0 spiro atoms. The molecule has 2 aliphatic rings. The highest BCUT2D eigenvalue weighted by Crippen LogP contribution is 2.41. The van der Waals surface area contributed by atoms with Gasteiger partial charge in [-0.25, -0.2) is 0 Å². The molecular formula is C34H33N3O4. The van der Waals surface area contributed by atoms with E-state index in [9.17, 15) is 9.59 Å². The highest BCUT2D eigenvalue weighted by Gasteiger charge is 2.36. The number of carbonyl (C=O) groups excluding carboxylic acids is 2. The second-order valence-corrected chi connectivity index (χ2v) is 10.8. The predicted octanol–water partition coefficient (Wildman–Crippen LogP) is 6.37. The molecule has 41 heavy (non-hydrogen) atoms. The third kappa shape index (κ3) is 5.15. The van der Waals surface area contributed by atoms with Crippen molar-refractivity contribution >= 4 is 17.5 Å². The second kappa shape index (κ2) is 11.1. The number of aromatic nitrogens is 1. The molecule has 1 aromatic heterocycles. The summed E-state index contributed by atoms with van der Waals surface area (Å²) in [7, 11) is 1.62. The number of rotatable bonds is 9. The number of hydrogen-bond donors (Lipinski definition) is 0. The molecule has 0 N–H and O–H groups in total. The summed E-state index contributed by atoms with van der Waals surface area (Å²) in [4.78, 5) is 34.4. The van der Waals surface area contributed by atoms with Gasteiger partial charge in [0, 0.05) is 53.9 Å². The number of benzene rings is 3. The summed E-state index contributed by atoms with van der Waals surface area (Å²) >= 11 is 0. The molecule has 0 aliphatic carbocycles. The molecule has 0 saturated heterocycles. The molecule has 2 aliphatic heterocycles. The molecule has 7 nitrogen and oxygen atoms in total. The Balaban J connectivity index is 1.19. The Kier molecular flexibility index (Phi) is 7.18. The SMILES string of the molecule is COc1ccc(N2C(=O)c3cc(CN4Cc5cnccc5C4=O)ccc3C2C)cc1OC(C)CCc1ccccc1. The molecule has 4 aromatic rings. The van der Waals surface area contributed by atoms with Crippen LogP contribution in [0, 0.1) is 0 Å². The highest BCUT2D eigenvalue weighted by atomic mass is 16.5. The molecule has 2 atom stereocenters. The number of hydrogen-bond acceptors (Lipinski definition) is 5. The maximum atomic E-state index is 13.8. The smallest absolute Gasteiger partial charge is 0.259 e. The van der Waals surface area contributed by atoms with Crippen LogP contribution in [0.1, 0.15) is 69.3 Å². The first-order chi connectivity index (χ1) is 19.9. The molecule has 0 radical (unpaired) electrons. The Morgan fingerprint density at radius 1 is 0.927 bits per heavy atom. The number of amides is 2. The first-order valence-corrected chi connectivity index (χ1v) is 14.0. The average molecular weight is 548 g/mol. The molecule has 6 rings (SSSR count). The van der Waals surface area contributed by atoms with Crippen LogP contribution in [0.3, 0.4) is 0 Å². The number of anilines is 1. The van der Waals surface area contributed by atoms with E-state index in [4.69, 9.17) is 9.47 Å². The quantitative estimate of drug-likeness (QED) is 0.244. The van der Waals surface area contributed by atoms with Gasteiger partial charge in [0.15, 0.2) is 11.5 Å². The zero-order valence-electron chi connectivity index (χ0n) is 23.5. The monoisotopic (exact) mass is 547 g/mol. The zero-order valence-corrected chi connectivity index (χ0v) is 23.5. The van der Waals surface area contributed by atoms with Gasteiger partial charge in [0.2, 0.25) is 0 Å². The fraction of sp³-hybridized carbons (Fsp3) is 0.265. The first-order valence-electron chi connectivity index (χ1n) is 14.0. The van der Waals surface area contributed by atoms with Crippen molar-refractivity contribution in [3.63, 3.8) is 0 Å². The lowest BCUT2D eigenvalue weighted by molar-refractivity contribution is 0.0766. The molecule has 2 unspecified atom stereocenters. The molecule has 7 heteroatoms. The second-order valence-electron chi connectivity index (χ2n) is 10.8. The molecular weight excluding hydrogens is 514 g/mol. The Hall–Kier alpha value is -4.65. The van der Waals surface area contributed by atoms with Crippen molar-refractivity contribution in [1.29, 1.82) is 0 Å². The van der Waals surface area contributed by atoms with Crippen molar-refractivity contribution < 1.29 is 19.1 Å². The van der Waals surface area contributed by atoms with Gasteiger partial charge < -0.3 is 19.3 Å². The number of aryl methyl sites for hydroxylation is 1. The Morgan fingerprint density at radius 2 is 1.76 bits per heavy atom. The molecule has 0 fully saturated rings. The maximum absolute atomic E-state index is 13.8. The lowest BCUT2D eigenvalue weighted by Crippen LogP contribution is -2.26. The largest absolute Gasteiger partial charge is 0.493 e.